The molecule has 0 rings (SSSR count). The van der Waals surface area contributed by atoms with Gasteiger partial charge in [0.25, 0.3) is 0 Å². The minimum absolute atomic E-state index is 0.00528. The van der Waals surface area contributed by atoms with Crippen LogP contribution in [0.15, 0.2) is 24.3 Å². The van der Waals surface area contributed by atoms with E-state index in [-0.39, 0.29) is 32.0 Å². The summed E-state index contributed by atoms with van der Waals surface area (Å²) in [6.07, 6.45) is 33.6. The largest absolute Gasteiger partial charge is 0.472 e. The first kappa shape index (κ1) is 47.5. The molecule has 0 fully saturated rings. The summed E-state index contributed by atoms with van der Waals surface area (Å²) in [6.45, 7) is 4.25. The molecule has 0 radical (unpaired) electrons. The summed E-state index contributed by atoms with van der Waals surface area (Å²) in [5, 5.41) is 0. The highest BCUT2D eigenvalue weighted by Crippen LogP contribution is 2.43. The number of nitrogens with zero attached hydrogens (tertiary/aromatic N) is 1. The van der Waals surface area contributed by atoms with Crippen LogP contribution in [-0.4, -0.2) is 68.3 Å². The van der Waals surface area contributed by atoms with Crippen LogP contribution in [0, 0.1) is 0 Å². The van der Waals surface area contributed by atoms with E-state index in [2.05, 4.69) is 38.2 Å². The second-order valence-electron chi connectivity index (χ2n) is 13.5. The molecule has 10 heteroatoms. The Balaban J connectivity index is 4.35. The average Bonchev–Trinajstić information content (AvgIpc) is 3.06. The lowest BCUT2D eigenvalue weighted by molar-refractivity contribution is -0.161. The Bertz CT molecular complexity index is 879. The molecular weight excluding hydrogens is 641 g/mol. The number of rotatable bonds is 36. The number of carbonyl (C=O) groups is 2. The number of unbranched alkanes of at least 4 members (excludes halogenated alkanes) is 18. The zero-order valence-corrected chi connectivity index (χ0v) is 32.8. The topological polar surface area (TPSA) is 112 Å². The van der Waals surface area contributed by atoms with Crippen LogP contribution in [0.25, 0.3) is 0 Å². The highest BCUT2D eigenvalue weighted by Gasteiger charge is 2.26. The van der Waals surface area contributed by atoms with Gasteiger partial charge in [-0.1, -0.05) is 122 Å². The predicted octanol–water partition coefficient (Wildman–Crippen LogP) is 10.7. The highest BCUT2D eigenvalue weighted by atomic mass is 31.2. The summed E-state index contributed by atoms with van der Waals surface area (Å²) >= 11 is 0. The number of carbonyl (C=O) groups excluding carboxylic acids is 2. The Morgan fingerprint density at radius 1 is 0.612 bits per heavy atom. The molecule has 9 nitrogen and oxygen atoms in total. The van der Waals surface area contributed by atoms with Crippen LogP contribution in [0.4, 0.5) is 0 Å². The van der Waals surface area contributed by atoms with E-state index in [1.165, 1.54) is 57.8 Å². The van der Waals surface area contributed by atoms with Crippen LogP contribution in [0.1, 0.15) is 168 Å². The molecule has 0 spiro atoms. The van der Waals surface area contributed by atoms with E-state index in [4.69, 9.17) is 18.5 Å². The van der Waals surface area contributed by atoms with Crippen molar-refractivity contribution < 1.29 is 37.6 Å². The van der Waals surface area contributed by atoms with E-state index in [0.717, 1.165) is 77.0 Å². The van der Waals surface area contributed by atoms with E-state index in [1.807, 2.05) is 19.0 Å². The third kappa shape index (κ3) is 36.1. The Morgan fingerprint density at radius 3 is 1.57 bits per heavy atom. The number of esters is 2. The van der Waals surface area contributed by atoms with Crippen LogP contribution < -0.4 is 0 Å². The minimum Gasteiger partial charge on any atom is -0.462 e. The van der Waals surface area contributed by atoms with Crippen LogP contribution in [0.3, 0.4) is 0 Å². The van der Waals surface area contributed by atoms with Gasteiger partial charge in [0.15, 0.2) is 6.10 Å². The van der Waals surface area contributed by atoms with Gasteiger partial charge in [0.2, 0.25) is 0 Å². The zero-order valence-electron chi connectivity index (χ0n) is 31.9. The van der Waals surface area contributed by atoms with E-state index >= 15 is 0 Å². The predicted molar refractivity (Wildman–Crippen MR) is 202 cm³/mol. The van der Waals surface area contributed by atoms with Crippen LogP contribution in [0.5, 0.6) is 0 Å². The number of phosphoric acid groups is 1. The molecule has 1 N–H and O–H groups in total. The maximum absolute atomic E-state index is 12.6. The molecule has 288 valence electrons. The molecule has 0 aromatic heterocycles. The SMILES string of the molecule is CCCC/C=C\CCCCCCCC(=O)OC(COC(=O)CCCCCCC/C=C\CCCCCCCC)COP(=O)(O)OCCN(C)C. The maximum atomic E-state index is 12.6. The molecule has 0 aliphatic carbocycles. The number of ether oxygens (including phenoxy) is 2. The van der Waals surface area contributed by atoms with Gasteiger partial charge in [0.1, 0.15) is 6.61 Å². The van der Waals surface area contributed by atoms with E-state index in [0.29, 0.717) is 13.0 Å². The Morgan fingerprint density at radius 2 is 1.06 bits per heavy atom. The second-order valence-corrected chi connectivity index (χ2v) is 14.9. The molecule has 0 aliphatic heterocycles. The maximum Gasteiger partial charge on any atom is 0.472 e. The lowest BCUT2D eigenvalue weighted by atomic mass is 10.1. The molecule has 0 aromatic rings. The van der Waals surface area contributed by atoms with Gasteiger partial charge in [-0.3, -0.25) is 18.6 Å². The number of hydrogen-bond acceptors (Lipinski definition) is 8. The van der Waals surface area contributed by atoms with Crippen molar-refractivity contribution in [3.8, 4) is 0 Å². The monoisotopic (exact) mass is 716 g/mol. The van der Waals surface area contributed by atoms with Crippen molar-refractivity contribution in [2.45, 2.75) is 174 Å². The standard InChI is InChI=1S/C39H74NO8P/c1-5-7-9-11-13-15-17-18-19-20-22-23-25-27-29-31-38(41)45-35-37(36-47-49(43,44)46-34-33-40(3)4)48-39(42)32-30-28-26-24-21-16-14-12-10-8-6-2/h12,14,18-19,37H,5-11,13,15-17,20-36H2,1-4H3,(H,43,44)/b14-12-,19-18-. The first-order chi connectivity index (χ1) is 23.7. The van der Waals surface area contributed by atoms with Gasteiger partial charge in [-0.05, 0) is 71.9 Å². The van der Waals surface area contributed by atoms with Gasteiger partial charge in [-0.25, -0.2) is 4.57 Å². The molecular formula is C39H74NO8P. The lowest BCUT2D eigenvalue weighted by Crippen LogP contribution is -2.29. The number of phosphoric ester groups is 1. The summed E-state index contributed by atoms with van der Waals surface area (Å²) in [5.41, 5.74) is 0. The number of likely N-dealkylation sites (N-methyl/N-ethyl adjacent to an activating group) is 1. The van der Waals surface area contributed by atoms with E-state index in [9.17, 15) is 19.0 Å². The molecule has 0 bridgehead atoms. The fraction of sp³-hybridized carbons (Fsp3) is 0.846. The normalized spacial score (nSPS) is 13.8. The van der Waals surface area contributed by atoms with E-state index < -0.39 is 26.5 Å². The quantitative estimate of drug-likeness (QED) is 0.0293. The molecule has 2 unspecified atom stereocenters. The van der Waals surface area contributed by atoms with Crippen LogP contribution >= 0.6 is 7.82 Å². The van der Waals surface area contributed by atoms with Gasteiger partial charge < -0.3 is 19.3 Å². The van der Waals surface area contributed by atoms with Gasteiger partial charge in [0, 0.05) is 19.4 Å². The van der Waals surface area contributed by atoms with Crippen molar-refractivity contribution in [1.82, 2.24) is 4.90 Å². The molecule has 49 heavy (non-hydrogen) atoms. The first-order valence-electron chi connectivity index (χ1n) is 19.6. The molecule has 0 aliphatic rings. The number of allylic oxidation sites excluding steroid dienone is 4. The first-order valence-corrected chi connectivity index (χ1v) is 21.1. The van der Waals surface area contributed by atoms with Crippen LogP contribution in [0.2, 0.25) is 0 Å². The van der Waals surface area contributed by atoms with Crippen molar-refractivity contribution >= 4 is 19.8 Å². The van der Waals surface area contributed by atoms with Gasteiger partial charge in [-0.15, -0.1) is 0 Å². The fourth-order valence-corrected chi connectivity index (χ4v) is 5.87. The summed E-state index contributed by atoms with van der Waals surface area (Å²) in [7, 11) is -0.716. The zero-order chi connectivity index (χ0) is 36.3. The molecule has 2 atom stereocenters. The minimum atomic E-state index is -4.36. The fourth-order valence-electron chi connectivity index (χ4n) is 5.13. The van der Waals surface area contributed by atoms with Crippen LogP contribution in [-0.2, 0) is 32.7 Å². The van der Waals surface area contributed by atoms with Gasteiger partial charge >= 0.3 is 19.8 Å². The second kappa shape index (κ2) is 34.9. The third-order valence-electron chi connectivity index (χ3n) is 8.23. The van der Waals surface area contributed by atoms with Crippen molar-refractivity contribution in [2.24, 2.45) is 0 Å². The molecule has 0 aromatic carbocycles. The molecule has 0 saturated carbocycles. The Labute approximate surface area is 300 Å². The summed E-state index contributed by atoms with van der Waals surface area (Å²) < 4.78 is 33.3. The van der Waals surface area contributed by atoms with Gasteiger partial charge in [0.05, 0.1) is 13.2 Å². The summed E-state index contributed by atoms with van der Waals surface area (Å²) in [6, 6.07) is 0. The van der Waals surface area contributed by atoms with Crippen molar-refractivity contribution in [3.05, 3.63) is 24.3 Å². The Kier molecular flexibility index (Phi) is 33.8. The van der Waals surface area contributed by atoms with Crippen molar-refractivity contribution in [3.63, 3.8) is 0 Å². The molecule has 0 heterocycles. The lowest BCUT2D eigenvalue weighted by Gasteiger charge is -2.20. The van der Waals surface area contributed by atoms with Crippen molar-refractivity contribution in [1.29, 1.82) is 0 Å². The van der Waals surface area contributed by atoms with E-state index in [1.54, 1.807) is 0 Å². The Hall–Kier alpha value is -1.51. The summed E-state index contributed by atoms with van der Waals surface area (Å²) in [4.78, 5) is 36.8. The van der Waals surface area contributed by atoms with Crippen molar-refractivity contribution in [2.75, 3.05) is 40.5 Å². The van der Waals surface area contributed by atoms with Gasteiger partial charge in [-0.2, -0.15) is 0 Å². The molecule has 0 saturated heterocycles. The smallest absolute Gasteiger partial charge is 0.462 e. The third-order valence-corrected chi connectivity index (χ3v) is 9.21. The highest BCUT2D eigenvalue weighted by molar-refractivity contribution is 7.47. The molecule has 0 amide bonds. The summed E-state index contributed by atoms with van der Waals surface area (Å²) in [5.74, 6) is -0.824. The average molecular weight is 716 g/mol. The number of hydrogen-bond donors (Lipinski definition) is 1.